The average molecular weight is 452 g/mol. The van der Waals surface area contributed by atoms with Gasteiger partial charge in [-0.3, -0.25) is 4.79 Å². The van der Waals surface area contributed by atoms with Crippen molar-refractivity contribution in [2.75, 3.05) is 17.3 Å². The highest BCUT2D eigenvalue weighted by Gasteiger charge is 2.37. The van der Waals surface area contributed by atoms with E-state index < -0.39 is 5.25 Å². The zero-order valence-corrected chi connectivity index (χ0v) is 19.5. The molecule has 32 heavy (non-hydrogen) atoms. The molecule has 7 nitrogen and oxygen atoms in total. The van der Waals surface area contributed by atoms with Gasteiger partial charge in [-0.1, -0.05) is 49.9 Å². The van der Waals surface area contributed by atoms with Crippen molar-refractivity contribution in [3.63, 3.8) is 0 Å². The lowest BCUT2D eigenvalue weighted by Gasteiger charge is -2.33. The largest absolute Gasteiger partial charge is 0.494 e. The molecule has 0 fully saturated rings. The van der Waals surface area contributed by atoms with Gasteiger partial charge in [-0.15, -0.1) is 10.2 Å². The topological polar surface area (TPSA) is 81.1 Å². The summed E-state index contributed by atoms with van der Waals surface area (Å²) in [6, 6.07) is 15.7. The van der Waals surface area contributed by atoms with Gasteiger partial charge in [0.15, 0.2) is 5.82 Å². The lowest BCUT2D eigenvalue weighted by Crippen LogP contribution is -2.41. The quantitative estimate of drug-likeness (QED) is 0.521. The van der Waals surface area contributed by atoms with Crippen molar-refractivity contribution in [3.8, 4) is 5.75 Å². The van der Waals surface area contributed by atoms with Crippen molar-refractivity contribution >= 4 is 23.4 Å². The number of fused-ring (bicyclic) bond motifs is 1. The van der Waals surface area contributed by atoms with Gasteiger partial charge in [0, 0.05) is 12.1 Å². The number of amides is 1. The Bertz CT molecular complexity index is 1050. The number of carbonyl (C=O) groups excluding carboxylic acids is 1. The monoisotopic (exact) mass is 451 g/mol. The second-order valence-electron chi connectivity index (χ2n) is 7.67. The number of hydrogen-bond acceptors (Lipinski definition) is 6. The maximum Gasteiger partial charge on any atom is 0.240 e. The lowest BCUT2D eigenvalue weighted by atomic mass is 10.0. The van der Waals surface area contributed by atoms with Gasteiger partial charge in [-0.2, -0.15) is 0 Å². The molecule has 168 valence electrons. The molecule has 2 atom stereocenters. The minimum Gasteiger partial charge on any atom is -0.494 e. The number of ether oxygens (including phenoxy) is 1. The van der Waals surface area contributed by atoms with E-state index in [0.717, 1.165) is 42.1 Å². The Kier molecular flexibility index (Phi) is 6.99. The molecule has 1 aliphatic heterocycles. The predicted molar refractivity (Wildman–Crippen MR) is 128 cm³/mol. The van der Waals surface area contributed by atoms with E-state index in [1.54, 1.807) is 0 Å². The fourth-order valence-corrected chi connectivity index (χ4v) is 4.81. The summed E-state index contributed by atoms with van der Waals surface area (Å²) in [4.78, 5) is 13.4. The van der Waals surface area contributed by atoms with Gasteiger partial charge in [-0.25, -0.2) is 4.68 Å². The molecule has 0 radical (unpaired) electrons. The number of aromatic nitrogens is 3. The Labute approximate surface area is 192 Å². The Balaban J connectivity index is 1.60. The number of benzene rings is 2. The zero-order chi connectivity index (χ0) is 22.5. The van der Waals surface area contributed by atoms with Gasteiger partial charge < -0.3 is 15.5 Å². The summed E-state index contributed by atoms with van der Waals surface area (Å²) in [7, 11) is 0. The first-order valence-electron chi connectivity index (χ1n) is 11.1. The van der Waals surface area contributed by atoms with E-state index in [9.17, 15) is 4.79 Å². The third kappa shape index (κ3) is 4.75. The van der Waals surface area contributed by atoms with Crippen LogP contribution in [0.4, 0.5) is 5.69 Å². The standard InChI is InChI=1S/C24H29N5O2S/c1-4-7-20-26-27-24-29(20)28-21(17-10-8-16(5-2)9-11-17)22(32-24)23(30)25-18-12-14-19(15-13-18)31-6-3/h8-15,21-22,28H,4-7H2,1-3H3,(H,25,30)/t21-,22-/m0/s1. The number of anilines is 1. The van der Waals surface area contributed by atoms with Crippen LogP contribution in [0.15, 0.2) is 53.7 Å². The molecule has 0 aliphatic carbocycles. The van der Waals surface area contributed by atoms with Crippen molar-refractivity contribution in [3.05, 3.63) is 65.5 Å². The number of carbonyl (C=O) groups is 1. The smallest absolute Gasteiger partial charge is 0.240 e. The van der Waals surface area contributed by atoms with E-state index in [-0.39, 0.29) is 11.9 Å². The molecule has 3 aromatic rings. The van der Waals surface area contributed by atoms with E-state index in [2.05, 4.69) is 59.1 Å². The van der Waals surface area contributed by atoms with Crippen molar-refractivity contribution in [1.82, 2.24) is 14.9 Å². The summed E-state index contributed by atoms with van der Waals surface area (Å²) in [6.07, 6.45) is 2.78. The average Bonchev–Trinajstić information content (AvgIpc) is 3.22. The summed E-state index contributed by atoms with van der Waals surface area (Å²) in [5.74, 6) is 1.59. The van der Waals surface area contributed by atoms with Crippen LogP contribution >= 0.6 is 11.8 Å². The molecule has 8 heteroatoms. The van der Waals surface area contributed by atoms with Crippen molar-refractivity contribution in [1.29, 1.82) is 0 Å². The zero-order valence-electron chi connectivity index (χ0n) is 18.7. The summed E-state index contributed by atoms with van der Waals surface area (Å²) in [5.41, 5.74) is 6.58. The highest BCUT2D eigenvalue weighted by molar-refractivity contribution is 8.00. The minimum absolute atomic E-state index is 0.0810. The van der Waals surface area contributed by atoms with Crippen LogP contribution in [0.1, 0.15) is 50.2 Å². The van der Waals surface area contributed by atoms with E-state index in [4.69, 9.17) is 4.74 Å². The Morgan fingerprint density at radius 3 is 2.50 bits per heavy atom. The van der Waals surface area contributed by atoms with Crippen LogP contribution < -0.4 is 15.5 Å². The highest BCUT2D eigenvalue weighted by Crippen LogP contribution is 2.38. The fraction of sp³-hybridized carbons (Fsp3) is 0.375. The summed E-state index contributed by atoms with van der Waals surface area (Å²) >= 11 is 1.45. The minimum atomic E-state index is -0.403. The summed E-state index contributed by atoms with van der Waals surface area (Å²) in [5, 5.41) is 12.0. The van der Waals surface area contributed by atoms with Gasteiger partial charge >= 0.3 is 0 Å². The lowest BCUT2D eigenvalue weighted by molar-refractivity contribution is -0.116. The highest BCUT2D eigenvalue weighted by atomic mass is 32.2. The van der Waals surface area contributed by atoms with Crippen LogP contribution in [0.3, 0.4) is 0 Å². The third-order valence-electron chi connectivity index (χ3n) is 5.42. The number of rotatable bonds is 8. The van der Waals surface area contributed by atoms with E-state index >= 15 is 0 Å². The molecule has 0 unspecified atom stereocenters. The first-order chi connectivity index (χ1) is 15.6. The number of nitrogens with zero attached hydrogens (tertiary/aromatic N) is 3. The molecular formula is C24H29N5O2S. The van der Waals surface area contributed by atoms with Gasteiger partial charge in [0.05, 0.1) is 12.6 Å². The van der Waals surface area contributed by atoms with Crippen LogP contribution in [-0.4, -0.2) is 32.6 Å². The van der Waals surface area contributed by atoms with Crippen molar-refractivity contribution in [2.45, 2.75) is 56.5 Å². The van der Waals surface area contributed by atoms with E-state index in [1.807, 2.05) is 35.9 Å². The Morgan fingerprint density at radius 1 is 1.09 bits per heavy atom. The van der Waals surface area contributed by atoms with Gasteiger partial charge in [0.2, 0.25) is 11.1 Å². The van der Waals surface area contributed by atoms with E-state index in [1.165, 1.54) is 17.3 Å². The maximum atomic E-state index is 13.4. The molecule has 2 N–H and O–H groups in total. The molecule has 0 spiro atoms. The molecule has 1 aliphatic rings. The third-order valence-corrected chi connectivity index (χ3v) is 6.63. The van der Waals surface area contributed by atoms with E-state index in [0.29, 0.717) is 11.8 Å². The Hall–Kier alpha value is -3.00. The van der Waals surface area contributed by atoms with Crippen LogP contribution in [0.5, 0.6) is 5.75 Å². The normalized spacial score (nSPS) is 17.3. The number of aryl methyl sites for hydroxylation is 2. The molecule has 1 aromatic heterocycles. The predicted octanol–water partition coefficient (Wildman–Crippen LogP) is 4.59. The van der Waals surface area contributed by atoms with Crippen molar-refractivity contribution in [2.24, 2.45) is 0 Å². The molecule has 1 amide bonds. The maximum absolute atomic E-state index is 13.4. The molecule has 0 bridgehead atoms. The summed E-state index contributed by atoms with van der Waals surface area (Å²) in [6.45, 7) is 6.80. The first kappa shape index (κ1) is 22.2. The number of hydrogen-bond donors (Lipinski definition) is 2. The second-order valence-corrected chi connectivity index (χ2v) is 8.78. The van der Waals surface area contributed by atoms with Crippen molar-refractivity contribution < 1.29 is 9.53 Å². The SMILES string of the molecule is CCCc1nnc2n1N[C@@H](c1ccc(CC)cc1)[C@@H](C(=O)Nc1ccc(OCC)cc1)S2. The van der Waals surface area contributed by atoms with Gasteiger partial charge in [0.25, 0.3) is 0 Å². The molecule has 2 aromatic carbocycles. The molecular weight excluding hydrogens is 422 g/mol. The second kappa shape index (κ2) is 10.1. The van der Waals surface area contributed by atoms with Crippen LogP contribution in [-0.2, 0) is 17.6 Å². The number of nitrogens with one attached hydrogen (secondary N) is 2. The fourth-order valence-electron chi connectivity index (χ4n) is 3.71. The van der Waals surface area contributed by atoms with Crippen LogP contribution in [0, 0.1) is 0 Å². The first-order valence-corrected chi connectivity index (χ1v) is 12.0. The van der Waals surface area contributed by atoms with Gasteiger partial charge in [-0.05, 0) is 55.2 Å². The molecule has 4 rings (SSSR count). The van der Waals surface area contributed by atoms with Crippen LogP contribution in [0.25, 0.3) is 0 Å². The van der Waals surface area contributed by atoms with Crippen LogP contribution in [0.2, 0.25) is 0 Å². The molecule has 2 heterocycles. The molecule has 0 saturated carbocycles. The Morgan fingerprint density at radius 2 is 1.84 bits per heavy atom. The van der Waals surface area contributed by atoms with Gasteiger partial charge in [0.1, 0.15) is 11.0 Å². The summed E-state index contributed by atoms with van der Waals surface area (Å²) < 4.78 is 7.43. The number of thioether (sulfide) groups is 1. The molecule has 0 saturated heterocycles.